The van der Waals surface area contributed by atoms with Gasteiger partial charge in [-0.3, -0.25) is 14.5 Å². The number of aryl methyl sites for hydroxylation is 1. The van der Waals surface area contributed by atoms with Gasteiger partial charge >= 0.3 is 0 Å². The molecule has 1 fully saturated rings. The van der Waals surface area contributed by atoms with E-state index < -0.39 is 0 Å². The molecule has 7 nitrogen and oxygen atoms in total. The Morgan fingerprint density at radius 1 is 1.27 bits per heavy atom. The maximum absolute atomic E-state index is 12.7. The molecule has 26 heavy (non-hydrogen) atoms. The lowest BCUT2D eigenvalue weighted by atomic mass is 9.95. The molecule has 0 aromatic carbocycles. The zero-order valence-electron chi connectivity index (χ0n) is 15.7. The molecule has 1 aliphatic rings. The summed E-state index contributed by atoms with van der Waals surface area (Å²) in [5.74, 6) is 1.38. The van der Waals surface area contributed by atoms with Crippen LogP contribution in [0.25, 0.3) is 0 Å². The molecular formula is C19H28N6O. The number of carbonyl (C=O) groups is 1. The zero-order chi connectivity index (χ0) is 18.4. The third-order valence-corrected chi connectivity index (χ3v) is 4.91. The first-order valence-electron chi connectivity index (χ1n) is 9.51. The van der Waals surface area contributed by atoms with Gasteiger partial charge in [0, 0.05) is 32.9 Å². The Bertz CT molecular complexity index is 711. The van der Waals surface area contributed by atoms with Gasteiger partial charge in [-0.2, -0.15) is 5.10 Å². The molecule has 2 aromatic rings. The second-order valence-electron chi connectivity index (χ2n) is 6.90. The molecule has 0 radical (unpaired) electrons. The molecule has 0 unspecified atom stereocenters. The van der Waals surface area contributed by atoms with Gasteiger partial charge < -0.3 is 10.2 Å². The van der Waals surface area contributed by atoms with Crippen LogP contribution in [0.1, 0.15) is 48.8 Å². The summed E-state index contributed by atoms with van der Waals surface area (Å²) in [6, 6.07) is 1.83. The number of hydrogen-bond acceptors (Lipinski definition) is 5. The monoisotopic (exact) mass is 356 g/mol. The lowest BCUT2D eigenvalue weighted by Gasteiger charge is -2.19. The van der Waals surface area contributed by atoms with Gasteiger partial charge in [-0.1, -0.05) is 6.92 Å². The van der Waals surface area contributed by atoms with Crippen LogP contribution in [0, 0.1) is 5.92 Å². The van der Waals surface area contributed by atoms with Gasteiger partial charge in [-0.15, -0.1) is 0 Å². The summed E-state index contributed by atoms with van der Waals surface area (Å²) in [5, 5.41) is 7.40. The van der Waals surface area contributed by atoms with E-state index in [1.54, 1.807) is 6.20 Å². The minimum Gasteiger partial charge on any atom is -0.372 e. The van der Waals surface area contributed by atoms with Crippen LogP contribution in [0.15, 0.2) is 24.7 Å². The molecule has 0 spiro atoms. The van der Waals surface area contributed by atoms with Gasteiger partial charge in [-0.25, -0.2) is 4.98 Å². The zero-order valence-corrected chi connectivity index (χ0v) is 15.7. The first-order valence-corrected chi connectivity index (χ1v) is 9.51. The molecule has 0 bridgehead atoms. The molecule has 2 aromatic heterocycles. The summed E-state index contributed by atoms with van der Waals surface area (Å²) in [7, 11) is 1.84. The average Bonchev–Trinajstić information content (AvgIpc) is 3.00. The van der Waals surface area contributed by atoms with Gasteiger partial charge in [0.25, 0.3) is 5.91 Å². The smallest absolute Gasteiger partial charge is 0.274 e. The standard InChI is InChI=1S/C19H28N6O/c1-3-8-25-11-7-17(23-25)19(26)24-9-4-5-15(6-10-24)12-16-13-22-18(20-2)14-21-16/h7,11,13-15H,3-6,8-10,12H2,1-2H3,(H,20,22)/t15-/m1/s1. The maximum atomic E-state index is 12.7. The highest BCUT2D eigenvalue weighted by Gasteiger charge is 2.23. The van der Waals surface area contributed by atoms with Crippen LogP contribution in [-0.2, 0) is 13.0 Å². The second-order valence-corrected chi connectivity index (χ2v) is 6.90. The van der Waals surface area contributed by atoms with Crippen molar-refractivity contribution in [2.75, 3.05) is 25.5 Å². The van der Waals surface area contributed by atoms with Crippen LogP contribution in [0.3, 0.4) is 0 Å². The summed E-state index contributed by atoms with van der Waals surface area (Å²) in [4.78, 5) is 23.5. The first kappa shape index (κ1) is 18.4. The minimum atomic E-state index is 0.0543. The predicted molar refractivity (Wildman–Crippen MR) is 101 cm³/mol. The molecule has 0 aliphatic carbocycles. The van der Waals surface area contributed by atoms with E-state index in [1.807, 2.05) is 35.1 Å². The number of anilines is 1. The number of nitrogens with one attached hydrogen (secondary N) is 1. The fraction of sp³-hybridized carbons (Fsp3) is 0.579. The Hall–Kier alpha value is -2.44. The van der Waals surface area contributed by atoms with Crippen molar-refractivity contribution in [2.45, 2.75) is 45.6 Å². The Morgan fingerprint density at radius 3 is 2.88 bits per heavy atom. The quantitative estimate of drug-likeness (QED) is 0.861. The molecule has 7 heteroatoms. The lowest BCUT2D eigenvalue weighted by molar-refractivity contribution is 0.0753. The van der Waals surface area contributed by atoms with Crippen LogP contribution in [0.2, 0.25) is 0 Å². The number of hydrogen-bond donors (Lipinski definition) is 1. The van der Waals surface area contributed by atoms with Crippen molar-refractivity contribution in [3.8, 4) is 0 Å². The van der Waals surface area contributed by atoms with Gasteiger partial charge in [0.05, 0.1) is 18.1 Å². The highest BCUT2D eigenvalue weighted by atomic mass is 16.2. The third-order valence-electron chi connectivity index (χ3n) is 4.91. The molecule has 1 N–H and O–H groups in total. The second kappa shape index (κ2) is 8.78. The highest BCUT2D eigenvalue weighted by molar-refractivity contribution is 5.92. The Labute approximate surface area is 154 Å². The lowest BCUT2D eigenvalue weighted by Crippen LogP contribution is -2.32. The van der Waals surface area contributed by atoms with Gasteiger partial charge in [0.2, 0.25) is 0 Å². The summed E-state index contributed by atoms with van der Waals surface area (Å²) in [5.41, 5.74) is 1.58. The number of nitrogens with zero attached hydrogens (tertiary/aromatic N) is 5. The molecule has 3 rings (SSSR count). The fourth-order valence-electron chi connectivity index (χ4n) is 3.45. The minimum absolute atomic E-state index is 0.0543. The van der Waals surface area contributed by atoms with Gasteiger partial charge in [0.15, 0.2) is 0 Å². The molecule has 1 saturated heterocycles. The largest absolute Gasteiger partial charge is 0.372 e. The van der Waals surface area contributed by atoms with Crippen molar-refractivity contribution in [3.63, 3.8) is 0 Å². The number of likely N-dealkylation sites (tertiary alicyclic amines) is 1. The SMILES string of the molecule is CCCn1ccc(C(=O)N2CCC[C@@H](Cc3cnc(NC)cn3)CC2)n1. The van der Waals surface area contributed by atoms with E-state index in [1.165, 1.54) is 0 Å². The molecule has 1 atom stereocenters. The van der Waals surface area contributed by atoms with Crippen LogP contribution in [0.5, 0.6) is 0 Å². The number of rotatable bonds is 6. The van der Waals surface area contributed by atoms with Crippen molar-refractivity contribution < 1.29 is 4.79 Å². The summed E-state index contributed by atoms with van der Waals surface area (Å²) in [6.45, 7) is 4.55. The normalized spacial score (nSPS) is 17.8. The van der Waals surface area contributed by atoms with Crippen LogP contribution < -0.4 is 5.32 Å². The Kier molecular flexibility index (Phi) is 6.20. The summed E-state index contributed by atoms with van der Waals surface area (Å²) in [6.07, 6.45) is 10.6. The van der Waals surface area contributed by atoms with E-state index in [9.17, 15) is 4.79 Å². The molecule has 3 heterocycles. The number of amides is 1. The molecule has 140 valence electrons. The average molecular weight is 356 g/mol. The van der Waals surface area contributed by atoms with E-state index in [4.69, 9.17) is 0 Å². The highest BCUT2D eigenvalue weighted by Crippen LogP contribution is 2.22. The van der Waals surface area contributed by atoms with Crippen LogP contribution in [-0.4, -0.2) is 50.7 Å². The van der Waals surface area contributed by atoms with Crippen LogP contribution >= 0.6 is 0 Å². The van der Waals surface area contributed by atoms with Crippen molar-refractivity contribution in [1.82, 2.24) is 24.6 Å². The summed E-state index contributed by atoms with van der Waals surface area (Å²) >= 11 is 0. The van der Waals surface area contributed by atoms with Gasteiger partial charge in [0.1, 0.15) is 11.5 Å². The first-order chi connectivity index (χ1) is 12.7. The van der Waals surface area contributed by atoms with Crippen molar-refractivity contribution in [2.24, 2.45) is 5.92 Å². The van der Waals surface area contributed by atoms with E-state index in [2.05, 4.69) is 27.3 Å². The van der Waals surface area contributed by atoms with Crippen LogP contribution in [0.4, 0.5) is 5.82 Å². The van der Waals surface area contributed by atoms with Gasteiger partial charge in [-0.05, 0) is 44.1 Å². The fourth-order valence-corrected chi connectivity index (χ4v) is 3.45. The summed E-state index contributed by atoms with van der Waals surface area (Å²) < 4.78 is 1.85. The molecule has 1 amide bonds. The molecule has 0 saturated carbocycles. The molecule has 1 aliphatic heterocycles. The third kappa shape index (κ3) is 4.59. The van der Waals surface area contributed by atoms with E-state index in [-0.39, 0.29) is 5.91 Å². The Balaban J connectivity index is 1.55. The number of carbonyl (C=O) groups excluding carboxylic acids is 1. The van der Waals surface area contributed by atoms with E-state index in [0.29, 0.717) is 11.6 Å². The number of aromatic nitrogens is 4. The van der Waals surface area contributed by atoms with Crippen molar-refractivity contribution >= 4 is 11.7 Å². The molecular weight excluding hydrogens is 328 g/mol. The van der Waals surface area contributed by atoms with E-state index in [0.717, 1.165) is 63.3 Å². The van der Waals surface area contributed by atoms with E-state index >= 15 is 0 Å². The predicted octanol–water partition coefficient (Wildman–Crippen LogP) is 2.61. The Morgan fingerprint density at radius 2 is 2.15 bits per heavy atom. The van der Waals surface area contributed by atoms with Crippen molar-refractivity contribution in [1.29, 1.82) is 0 Å². The maximum Gasteiger partial charge on any atom is 0.274 e. The topological polar surface area (TPSA) is 75.9 Å². The van der Waals surface area contributed by atoms with Crippen molar-refractivity contribution in [3.05, 3.63) is 36.0 Å².